The number of nitrogens with zero attached hydrogens (tertiary/aromatic N) is 1. The lowest BCUT2D eigenvalue weighted by Crippen LogP contribution is -2.50. The molecule has 1 fully saturated rings. The van der Waals surface area contributed by atoms with Gasteiger partial charge in [-0.1, -0.05) is 30.3 Å². The Bertz CT molecular complexity index is 473. The van der Waals surface area contributed by atoms with Gasteiger partial charge in [0.05, 0.1) is 11.0 Å². The zero-order valence-corrected chi connectivity index (χ0v) is 11.3. The second-order valence-corrected chi connectivity index (χ2v) is 7.16. The molecule has 0 aliphatic carbocycles. The zero-order valence-electron chi connectivity index (χ0n) is 10.5. The topological polar surface area (TPSA) is 63.4 Å². The van der Waals surface area contributed by atoms with Gasteiger partial charge in [0.25, 0.3) is 0 Å². The highest BCUT2D eigenvalue weighted by Gasteiger charge is 2.31. The van der Waals surface area contributed by atoms with E-state index in [4.69, 9.17) is 5.73 Å². The SMILES string of the molecule is NCC1CN(CCc2ccccc2)CCS1(=O)=O. The van der Waals surface area contributed by atoms with Crippen molar-refractivity contribution in [3.63, 3.8) is 0 Å². The summed E-state index contributed by atoms with van der Waals surface area (Å²) in [5.41, 5.74) is 6.83. The van der Waals surface area contributed by atoms with Gasteiger partial charge in [0.15, 0.2) is 9.84 Å². The summed E-state index contributed by atoms with van der Waals surface area (Å²) in [6, 6.07) is 10.3. The first-order valence-corrected chi connectivity index (χ1v) is 8.01. The first-order valence-electron chi connectivity index (χ1n) is 6.30. The summed E-state index contributed by atoms with van der Waals surface area (Å²) in [6.45, 7) is 2.33. The summed E-state index contributed by atoms with van der Waals surface area (Å²) in [5.74, 6) is 0.240. The lowest BCUT2D eigenvalue weighted by Gasteiger charge is -2.31. The summed E-state index contributed by atoms with van der Waals surface area (Å²) in [4.78, 5) is 2.20. The summed E-state index contributed by atoms with van der Waals surface area (Å²) < 4.78 is 23.5. The van der Waals surface area contributed by atoms with Crippen LogP contribution in [0.15, 0.2) is 30.3 Å². The Hall–Kier alpha value is -0.910. The third-order valence-corrected chi connectivity index (χ3v) is 5.59. The van der Waals surface area contributed by atoms with Crippen molar-refractivity contribution in [2.24, 2.45) is 5.73 Å². The van der Waals surface area contributed by atoms with Crippen LogP contribution in [0.3, 0.4) is 0 Å². The van der Waals surface area contributed by atoms with Crippen LogP contribution in [0.2, 0.25) is 0 Å². The van der Waals surface area contributed by atoms with E-state index >= 15 is 0 Å². The standard InChI is InChI=1S/C13H20N2O2S/c14-10-13-11-15(8-9-18(13,16)17)7-6-12-4-2-1-3-5-12/h1-5,13H,6-11,14H2. The van der Waals surface area contributed by atoms with E-state index < -0.39 is 9.84 Å². The van der Waals surface area contributed by atoms with Gasteiger partial charge in [-0.3, -0.25) is 0 Å². The molecule has 0 amide bonds. The Labute approximate surface area is 109 Å². The van der Waals surface area contributed by atoms with Gasteiger partial charge in [-0.2, -0.15) is 0 Å². The van der Waals surface area contributed by atoms with Crippen molar-refractivity contribution in [3.8, 4) is 0 Å². The monoisotopic (exact) mass is 268 g/mol. The molecule has 4 nitrogen and oxygen atoms in total. The first kappa shape index (κ1) is 13.5. The van der Waals surface area contributed by atoms with Crippen LogP contribution >= 0.6 is 0 Å². The molecule has 18 heavy (non-hydrogen) atoms. The molecule has 1 aromatic rings. The molecule has 2 N–H and O–H groups in total. The van der Waals surface area contributed by atoms with Crippen molar-refractivity contribution >= 4 is 9.84 Å². The Balaban J connectivity index is 1.89. The van der Waals surface area contributed by atoms with Gasteiger partial charge in [0.1, 0.15) is 0 Å². The maximum absolute atomic E-state index is 11.7. The average molecular weight is 268 g/mol. The minimum Gasteiger partial charge on any atom is -0.329 e. The fourth-order valence-corrected chi connectivity index (χ4v) is 3.85. The van der Waals surface area contributed by atoms with Crippen LogP contribution in [0, 0.1) is 0 Å². The van der Waals surface area contributed by atoms with E-state index in [-0.39, 0.29) is 17.5 Å². The van der Waals surface area contributed by atoms with Crippen molar-refractivity contribution in [1.29, 1.82) is 0 Å². The van der Waals surface area contributed by atoms with E-state index in [0.717, 1.165) is 13.0 Å². The molecule has 0 radical (unpaired) electrons. The third-order valence-electron chi connectivity index (χ3n) is 3.48. The molecule has 5 heteroatoms. The van der Waals surface area contributed by atoms with Crippen molar-refractivity contribution in [2.75, 3.05) is 31.9 Å². The molecule has 1 atom stereocenters. The maximum Gasteiger partial charge on any atom is 0.156 e. The summed E-state index contributed by atoms with van der Waals surface area (Å²) in [7, 11) is -2.96. The Morgan fingerprint density at radius 2 is 2.00 bits per heavy atom. The lowest BCUT2D eigenvalue weighted by atomic mass is 10.1. The fourth-order valence-electron chi connectivity index (χ4n) is 2.27. The quantitative estimate of drug-likeness (QED) is 0.852. The van der Waals surface area contributed by atoms with Crippen LogP contribution in [-0.2, 0) is 16.3 Å². The van der Waals surface area contributed by atoms with E-state index in [1.54, 1.807) is 0 Å². The highest BCUT2D eigenvalue weighted by Crippen LogP contribution is 2.12. The molecule has 0 bridgehead atoms. The first-order chi connectivity index (χ1) is 8.62. The summed E-state index contributed by atoms with van der Waals surface area (Å²) in [5, 5.41) is -0.387. The lowest BCUT2D eigenvalue weighted by molar-refractivity contribution is 0.278. The summed E-state index contributed by atoms with van der Waals surface area (Å²) in [6.07, 6.45) is 0.957. The second kappa shape index (κ2) is 5.82. The highest BCUT2D eigenvalue weighted by molar-refractivity contribution is 7.92. The van der Waals surface area contributed by atoms with Crippen LogP contribution in [-0.4, -0.2) is 50.5 Å². The number of benzene rings is 1. The van der Waals surface area contributed by atoms with Crippen LogP contribution in [0.25, 0.3) is 0 Å². The van der Waals surface area contributed by atoms with E-state index in [1.165, 1.54) is 5.56 Å². The highest BCUT2D eigenvalue weighted by atomic mass is 32.2. The smallest absolute Gasteiger partial charge is 0.156 e. The van der Waals surface area contributed by atoms with Crippen molar-refractivity contribution in [1.82, 2.24) is 4.90 Å². The molecule has 100 valence electrons. The largest absolute Gasteiger partial charge is 0.329 e. The van der Waals surface area contributed by atoms with Crippen molar-refractivity contribution in [3.05, 3.63) is 35.9 Å². The Kier molecular flexibility index (Phi) is 4.37. The molecule has 0 aromatic heterocycles. The second-order valence-electron chi connectivity index (χ2n) is 4.76. The number of rotatable bonds is 4. The van der Waals surface area contributed by atoms with Crippen LogP contribution < -0.4 is 5.73 Å². The number of hydrogen-bond donors (Lipinski definition) is 1. The molecule has 1 aliphatic heterocycles. The van der Waals surface area contributed by atoms with Gasteiger partial charge in [0.2, 0.25) is 0 Å². The van der Waals surface area contributed by atoms with E-state index in [0.29, 0.717) is 13.1 Å². The van der Waals surface area contributed by atoms with Gasteiger partial charge in [-0.25, -0.2) is 8.42 Å². The number of nitrogens with two attached hydrogens (primary N) is 1. The average Bonchev–Trinajstić information content (AvgIpc) is 2.38. The number of hydrogen-bond acceptors (Lipinski definition) is 4. The van der Waals surface area contributed by atoms with Crippen LogP contribution in [0.1, 0.15) is 5.56 Å². The minimum atomic E-state index is -2.96. The molecular formula is C13H20N2O2S. The van der Waals surface area contributed by atoms with Crippen molar-refractivity contribution < 1.29 is 8.42 Å². The molecule has 1 heterocycles. The molecule has 1 aliphatic rings. The van der Waals surface area contributed by atoms with Crippen LogP contribution in [0.5, 0.6) is 0 Å². The predicted octanol–water partition coefficient (Wildman–Crippen LogP) is 0.287. The molecule has 0 saturated carbocycles. The van der Waals surface area contributed by atoms with E-state index in [1.807, 2.05) is 18.2 Å². The third kappa shape index (κ3) is 3.31. The zero-order chi connectivity index (χ0) is 13.0. The Morgan fingerprint density at radius 3 is 2.67 bits per heavy atom. The van der Waals surface area contributed by atoms with Crippen molar-refractivity contribution in [2.45, 2.75) is 11.7 Å². The minimum absolute atomic E-state index is 0.226. The molecular weight excluding hydrogens is 248 g/mol. The van der Waals surface area contributed by atoms with Crippen LogP contribution in [0.4, 0.5) is 0 Å². The van der Waals surface area contributed by atoms with Gasteiger partial charge in [0, 0.05) is 26.2 Å². The maximum atomic E-state index is 11.7. The molecule has 1 aromatic carbocycles. The fraction of sp³-hybridized carbons (Fsp3) is 0.538. The van der Waals surface area contributed by atoms with E-state index in [9.17, 15) is 8.42 Å². The summed E-state index contributed by atoms with van der Waals surface area (Å²) >= 11 is 0. The normalized spacial score (nSPS) is 23.9. The molecule has 1 unspecified atom stereocenters. The van der Waals surface area contributed by atoms with E-state index in [2.05, 4.69) is 17.0 Å². The Morgan fingerprint density at radius 1 is 1.28 bits per heavy atom. The number of sulfone groups is 1. The van der Waals surface area contributed by atoms with Gasteiger partial charge in [-0.05, 0) is 12.0 Å². The van der Waals surface area contributed by atoms with Gasteiger partial charge >= 0.3 is 0 Å². The van der Waals surface area contributed by atoms with Gasteiger partial charge in [-0.15, -0.1) is 0 Å². The van der Waals surface area contributed by atoms with Gasteiger partial charge < -0.3 is 10.6 Å². The predicted molar refractivity (Wildman–Crippen MR) is 73.2 cm³/mol. The molecule has 0 spiro atoms. The molecule has 2 rings (SSSR count). The molecule has 1 saturated heterocycles.